The van der Waals surface area contributed by atoms with Crippen molar-refractivity contribution in [3.8, 4) is 0 Å². The first-order chi connectivity index (χ1) is 6.63. The number of carbonyl (C=O) groups is 1. The number of aliphatic hydroxyl groups is 1. The summed E-state index contributed by atoms with van der Waals surface area (Å²) in [6.07, 6.45) is 2.73. The van der Waals surface area contributed by atoms with Crippen LogP contribution in [0, 0.1) is 11.8 Å². The van der Waals surface area contributed by atoms with Crippen LogP contribution >= 0.6 is 0 Å². The number of carbonyl (C=O) groups excluding carboxylic acids is 1. The molecule has 0 unspecified atom stereocenters. The second-order valence-electron chi connectivity index (χ2n) is 4.63. The number of likely N-dealkylation sites (tertiary alicyclic amines) is 1. The van der Waals surface area contributed by atoms with Crippen LogP contribution in [0.2, 0.25) is 0 Å². The van der Waals surface area contributed by atoms with E-state index in [1.165, 1.54) is 0 Å². The summed E-state index contributed by atoms with van der Waals surface area (Å²) in [6, 6.07) is 0. The smallest absolute Gasteiger partial charge is 0.222 e. The Morgan fingerprint density at radius 2 is 2.29 bits per heavy atom. The topological polar surface area (TPSA) is 40.5 Å². The quantitative estimate of drug-likeness (QED) is 0.743. The zero-order valence-electron chi connectivity index (χ0n) is 9.20. The third-order valence-corrected chi connectivity index (χ3v) is 2.71. The molecule has 0 aliphatic carbocycles. The van der Waals surface area contributed by atoms with Crippen LogP contribution in [0.4, 0.5) is 0 Å². The maximum Gasteiger partial charge on any atom is 0.222 e. The minimum Gasteiger partial charge on any atom is -0.396 e. The van der Waals surface area contributed by atoms with Gasteiger partial charge in [-0.2, -0.15) is 0 Å². The van der Waals surface area contributed by atoms with Crippen molar-refractivity contribution in [2.45, 2.75) is 33.1 Å². The predicted octanol–water partition coefficient (Wildman–Crippen LogP) is 1.26. The first kappa shape index (κ1) is 11.5. The van der Waals surface area contributed by atoms with Gasteiger partial charge in [-0.15, -0.1) is 0 Å². The van der Waals surface area contributed by atoms with Gasteiger partial charge in [0.2, 0.25) is 5.91 Å². The van der Waals surface area contributed by atoms with Crippen molar-refractivity contribution in [1.29, 1.82) is 0 Å². The van der Waals surface area contributed by atoms with E-state index in [0.717, 1.165) is 25.9 Å². The molecule has 3 heteroatoms. The maximum absolute atomic E-state index is 11.7. The predicted molar refractivity (Wildman–Crippen MR) is 55.8 cm³/mol. The SMILES string of the molecule is CC(C)CC(=O)N1CCC[C@@H](CO)C1. The van der Waals surface area contributed by atoms with E-state index in [2.05, 4.69) is 13.8 Å². The molecule has 82 valence electrons. The second kappa shape index (κ2) is 5.35. The highest BCUT2D eigenvalue weighted by atomic mass is 16.3. The van der Waals surface area contributed by atoms with Crippen molar-refractivity contribution in [2.75, 3.05) is 19.7 Å². The van der Waals surface area contributed by atoms with Gasteiger partial charge < -0.3 is 10.0 Å². The van der Waals surface area contributed by atoms with Crippen molar-refractivity contribution in [1.82, 2.24) is 4.90 Å². The molecule has 1 fully saturated rings. The molecule has 1 aliphatic heterocycles. The van der Waals surface area contributed by atoms with Gasteiger partial charge in [0.15, 0.2) is 0 Å². The number of piperidine rings is 1. The molecule has 0 bridgehead atoms. The normalized spacial score (nSPS) is 22.9. The molecule has 3 nitrogen and oxygen atoms in total. The highest BCUT2D eigenvalue weighted by Gasteiger charge is 2.23. The lowest BCUT2D eigenvalue weighted by molar-refractivity contribution is -0.134. The number of hydrogen-bond donors (Lipinski definition) is 1. The Morgan fingerprint density at radius 3 is 2.86 bits per heavy atom. The van der Waals surface area contributed by atoms with Gasteiger partial charge in [0.25, 0.3) is 0 Å². The molecule has 1 amide bonds. The van der Waals surface area contributed by atoms with Gasteiger partial charge in [0.05, 0.1) is 0 Å². The van der Waals surface area contributed by atoms with Crippen LogP contribution in [0.25, 0.3) is 0 Å². The molecule has 0 aromatic carbocycles. The summed E-state index contributed by atoms with van der Waals surface area (Å²) in [5.74, 6) is 0.981. The van der Waals surface area contributed by atoms with Gasteiger partial charge in [-0.25, -0.2) is 0 Å². The molecule has 0 spiro atoms. The molecule has 14 heavy (non-hydrogen) atoms. The number of aliphatic hydroxyl groups excluding tert-OH is 1. The summed E-state index contributed by atoms with van der Waals surface area (Å²) in [4.78, 5) is 13.6. The van der Waals surface area contributed by atoms with Crippen LogP contribution in [0.1, 0.15) is 33.1 Å². The van der Waals surface area contributed by atoms with Crippen molar-refractivity contribution >= 4 is 5.91 Å². The molecular formula is C11H21NO2. The van der Waals surface area contributed by atoms with Crippen LogP contribution in [-0.2, 0) is 4.79 Å². The Bertz CT molecular complexity index is 192. The molecule has 1 aliphatic rings. The second-order valence-corrected chi connectivity index (χ2v) is 4.63. The number of rotatable bonds is 3. The molecule has 0 saturated carbocycles. The Morgan fingerprint density at radius 1 is 1.57 bits per heavy atom. The fraction of sp³-hybridized carbons (Fsp3) is 0.909. The lowest BCUT2D eigenvalue weighted by Crippen LogP contribution is -2.41. The molecule has 0 aromatic heterocycles. The van der Waals surface area contributed by atoms with Crippen LogP contribution in [0.15, 0.2) is 0 Å². The Hall–Kier alpha value is -0.570. The highest BCUT2D eigenvalue weighted by Crippen LogP contribution is 2.17. The minimum atomic E-state index is 0.214. The fourth-order valence-corrected chi connectivity index (χ4v) is 1.92. The van der Waals surface area contributed by atoms with Gasteiger partial charge in [-0.05, 0) is 24.7 Å². The van der Waals surface area contributed by atoms with Crippen LogP contribution in [0.3, 0.4) is 0 Å². The van der Waals surface area contributed by atoms with Crippen molar-refractivity contribution in [2.24, 2.45) is 11.8 Å². The van der Waals surface area contributed by atoms with Gasteiger partial charge in [-0.3, -0.25) is 4.79 Å². The van der Waals surface area contributed by atoms with E-state index in [-0.39, 0.29) is 12.5 Å². The number of nitrogens with zero attached hydrogens (tertiary/aromatic N) is 1. The Labute approximate surface area is 86.1 Å². The molecule has 1 atom stereocenters. The maximum atomic E-state index is 11.7. The van der Waals surface area contributed by atoms with Gasteiger partial charge in [0.1, 0.15) is 0 Å². The number of hydrogen-bond acceptors (Lipinski definition) is 2. The molecule has 1 heterocycles. The van der Waals surface area contributed by atoms with Crippen molar-refractivity contribution in [3.05, 3.63) is 0 Å². The molecular weight excluding hydrogens is 178 g/mol. The zero-order valence-corrected chi connectivity index (χ0v) is 9.20. The largest absolute Gasteiger partial charge is 0.396 e. The van der Waals surface area contributed by atoms with Crippen LogP contribution in [0.5, 0.6) is 0 Å². The van der Waals surface area contributed by atoms with E-state index >= 15 is 0 Å². The van der Waals surface area contributed by atoms with E-state index in [1.54, 1.807) is 0 Å². The first-order valence-corrected chi connectivity index (χ1v) is 5.52. The number of amides is 1. The molecule has 0 aromatic rings. The lowest BCUT2D eigenvalue weighted by atomic mass is 9.98. The first-order valence-electron chi connectivity index (χ1n) is 5.52. The van der Waals surface area contributed by atoms with E-state index in [1.807, 2.05) is 4.90 Å². The molecule has 1 saturated heterocycles. The third-order valence-electron chi connectivity index (χ3n) is 2.71. The molecule has 0 radical (unpaired) electrons. The lowest BCUT2D eigenvalue weighted by Gasteiger charge is -2.32. The van der Waals surface area contributed by atoms with Crippen LogP contribution in [-0.4, -0.2) is 35.6 Å². The summed E-state index contributed by atoms with van der Waals surface area (Å²) in [6.45, 7) is 5.96. The van der Waals surface area contributed by atoms with Gasteiger partial charge in [-0.1, -0.05) is 13.8 Å². The van der Waals surface area contributed by atoms with E-state index in [0.29, 0.717) is 18.3 Å². The van der Waals surface area contributed by atoms with E-state index < -0.39 is 0 Å². The monoisotopic (exact) mass is 199 g/mol. The minimum absolute atomic E-state index is 0.214. The summed E-state index contributed by atoms with van der Waals surface area (Å²) >= 11 is 0. The van der Waals surface area contributed by atoms with Crippen LogP contribution < -0.4 is 0 Å². The summed E-state index contributed by atoms with van der Waals surface area (Å²) < 4.78 is 0. The van der Waals surface area contributed by atoms with E-state index in [9.17, 15) is 4.79 Å². The summed E-state index contributed by atoms with van der Waals surface area (Å²) in [7, 11) is 0. The van der Waals surface area contributed by atoms with Gasteiger partial charge in [0, 0.05) is 26.1 Å². The standard InChI is InChI=1S/C11H21NO2/c1-9(2)6-11(14)12-5-3-4-10(7-12)8-13/h9-10,13H,3-8H2,1-2H3/t10-/m1/s1. The average Bonchev–Trinajstić information content (AvgIpc) is 2.17. The van der Waals surface area contributed by atoms with Crippen molar-refractivity contribution < 1.29 is 9.90 Å². The summed E-state index contributed by atoms with van der Waals surface area (Å²) in [5.41, 5.74) is 0. The summed E-state index contributed by atoms with van der Waals surface area (Å²) in [5, 5.41) is 9.03. The molecule has 1 N–H and O–H groups in total. The molecule has 1 rings (SSSR count). The Balaban J connectivity index is 2.39. The van der Waals surface area contributed by atoms with Crippen molar-refractivity contribution in [3.63, 3.8) is 0 Å². The Kier molecular flexibility index (Phi) is 4.39. The highest BCUT2D eigenvalue weighted by molar-refractivity contribution is 5.76. The zero-order chi connectivity index (χ0) is 10.6. The third kappa shape index (κ3) is 3.29. The average molecular weight is 199 g/mol. The van der Waals surface area contributed by atoms with Gasteiger partial charge >= 0.3 is 0 Å². The van der Waals surface area contributed by atoms with E-state index in [4.69, 9.17) is 5.11 Å². The fourth-order valence-electron chi connectivity index (χ4n) is 1.92.